The van der Waals surface area contributed by atoms with E-state index in [4.69, 9.17) is 4.74 Å². The van der Waals surface area contributed by atoms with Crippen molar-refractivity contribution in [2.45, 2.75) is 6.42 Å². The first-order valence-corrected chi connectivity index (χ1v) is 7.49. The molecule has 0 aliphatic heterocycles. The fourth-order valence-corrected chi connectivity index (χ4v) is 3.65. The highest BCUT2D eigenvalue weighted by Gasteiger charge is 2.36. The van der Waals surface area contributed by atoms with Crippen LogP contribution in [0, 0.1) is 11.8 Å². The third-order valence-corrected chi connectivity index (χ3v) is 4.60. The van der Waals surface area contributed by atoms with Crippen molar-refractivity contribution in [1.82, 2.24) is 0 Å². The molecule has 0 heterocycles. The molecule has 2 atom stereocenters. The molecule has 2 bridgehead atoms. The maximum atomic E-state index is 5.28. The van der Waals surface area contributed by atoms with Crippen molar-refractivity contribution in [2.24, 2.45) is 11.8 Å². The number of ether oxygens (including phenoxy) is 1. The number of methoxy groups -OCH3 is 1. The highest BCUT2D eigenvalue weighted by Crippen LogP contribution is 2.52. The molecule has 104 valence electrons. The Kier molecular flexibility index (Phi) is 2.92. The van der Waals surface area contributed by atoms with Crippen LogP contribution in [0.15, 0.2) is 66.7 Å². The molecule has 0 spiro atoms. The summed E-state index contributed by atoms with van der Waals surface area (Å²) in [4.78, 5) is 0. The Balaban J connectivity index is 1.84. The lowest BCUT2D eigenvalue weighted by molar-refractivity contribution is 0.415. The zero-order valence-corrected chi connectivity index (χ0v) is 12.1. The predicted octanol–water partition coefficient (Wildman–Crippen LogP) is 4.81. The largest absolute Gasteiger partial charge is 0.497 e. The summed E-state index contributed by atoms with van der Waals surface area (Å²) in [6.07, 6.45) is 5.97. The van der Waals surface area contributed by atoms with Gasteiger partial charge in [-0.25, -0.2) is 0 Å². The van der Waals surface area contributed by atoms with E-state index in [0.29, 0.717) is 11.8 Å². The lowest BCUT2D eigenvalue weighted by Gasteiger charge is -2.17. The summed E-state index contributed by atoms with van der Waals surface area (Å²) in [6.45, 7) is 0. The van der Waals surface area contributed by atoms with Gasteiger partial charge in [0.2, 0.25) is 0 Å². The highest BCUT2D eigenvalue weighted by atomic mass is 16.5. The molecule has 0 saturated heterocycles. The molecular weight excluding hydrogens is 256 g/mol. The van der Waals surface area contributed by atoms with Crippen LogP contribution in [0.1, 0.15) is 17.5 Å². The Bertz CT molecular complexity index is 707. The molecule has 0 fully saturated rings. The van der Waals surface area contributed by atoms with Gasteiger partial charge < -0.3 is 4.74 Å². The minimum Gasteiger partial charge on any atom is -0.497 e. The van der Waals surface area contributed by atoms with Crippen molar-refractivity contribution in [3.05, 3.63) is 77.9 Å². The average molecular weight is 274 g/mol. The van der Waals surface area contributed by atoms with E-state index in [2.05, 4.69) is 66.7 Å². The first-order chi connectivity index (χ1) is 10.4. The van der Waals surface area contributed by atoms with E-state index in [1.807, 2.05) is 0 Å². The van der Waals surface area contributed by atoms with Gasteiger partial charge in [-0.05, 0) is 40.8 Å². The lowest BCUT2D eigenvalue weighted by atomic mass is 9.87. The van der Waals surface area contributed by atoms with Gasteiger partial charge in [-0.1, -0.05) is 54.6 Å². The standard InChI is InChI=1S/C20H18O/c1-21-18-11-9-15(10-12-18)20-17-8-7-16(13-17)19(20)14-5-3-2-4-6-14/h2-12,16-17H,13H2,1H3. The summed E-state index contributed by atoms with van der Waals surface area (Å²) in [5, 5.41) is 0. The smallest absolute Gasteiger partial charge is 0.118 e. The van der Waals surface area contributed by atoms with Gasteiger partial charge >= 0.3 is 0 Å². The molecule has 2 unspecified atom stereocenters. The van der Waals surface area contributed by atoms with Gasteiger partial charge in [0, 0.05) is 11.8 Å². The topological polar surface area (TPSA) is 9.23 Å². The van der Waals surface area contributed by atoms with Gasteiger partial charge in [-0.15, -0.1) is 0 Å². The van der Waals surface area contributed by atoms with Crippen LogP contribution in [-0.4, -0.2) is 7.11 Å². The Morgan fingerprint density at radius 1 is 0.762 bits per heavy atom. The minimum atomic E-state index is 0.568. The summed E-state index contributed by atoms with van der Waals surface area (Å²) in [5.74, 6) is 2.06. The third-order valence-electron chi connectivity index (χ3n) is 4.60. The van der Waals surface area contributed by atoms with E-state index in [9.17, 15) is 0 Å². The van der Waals surface area contributed by atoms with E-state index in [1.165, 1.54) is 28.7 Å². The summed E-state index contributed by atoms with van der Waals surface area (Å²) in [6, 6.07) is 19.3. The Morgan fingerprint density at radius 3 is 1.90 bits per heavy atom. The van der Waals surface area contributed by atoms with Crippen molar-refractivity contribution >= 4 is 11.1 Å². The van der Waals surface area contributed by atoms with Crippen molar-refractivity contribution in [1.29, 1.82) is 0 Å². The summed E-state index contributed by atoms with van der Waals surface area (Å²) in [5.41, 5.74) is 5.69. The van der Waals surface area contributed by atoms with Crippen LogP contribution in [-0.2, 0) is 0 Å². The van der Waals surface area contributed by atoms with Crippen LogP contribution in [0.2, 0.25) is 0 Å². The number of hydrogen-bond acceptors (Lipinski definition) is 1. The van der Waals surface area contributed by atoms with Gasteiger partial charge in [0.15, 0.2) is 0 Å². The van der Waals surface area contributed by atoms with E-state index >= 15 is 0 Å². The third kappa shape index (κ3) is 2.01. The van der Waals surface area contributed by atoms with Gasteiger partial charge in [0.05, 0.1) is 7.11 Å². The summed E-state index contributed by atoms with van der Waals surface area (Å²) >= 11 is 0. The lowest BCUT2D eigenvalue weighted by Crippen LogP contribution is -1.98. The van der Waals surface area contributed by atoms with Gasteiger partial charge in [0.25, 0.3) is 0 Å². The first kappa shape index (κ1) is 12.5. The molecule has 2 aromatic rings. The monoisotopic (exact) mass is 274 g/mol. The molecule has 2 aliphatic rings. The fourth-order valence-electron chi connectivity index (χ4n) is 3.65. The molecular formula is C20H18O. The first-order valence-electron chi connectivity index (χ1n) is 7.49. The van der Waals surface area contributed by atoms with Crippen LogP contribution in [0.4, 0.5) is 0 Å². The molecule has 2 aliphatic carbocycles. The molecule has 2 aromatic carbocycles. The fraction of sp³-hybridized carbons (Fsp3) is 0.200. The molecule has 0 saturated carbocycles. The molecule has 0 amide bonds. The van der Waals surface area contributed by atoms with Crippen molar-refractivity contribution in [3.63, 3.8) is 0 Å². The molecule has 1 heteroatoms. The quantitative estimate of drug-likeness (QED) is 0.730. The van der Waals surface area contributed by atoms with Gasteiger partial charge in [0.1, 0.15) is 5.75 Å². The minimum absolute atomic E-state index is 0.568. The number of rotatable bonds is 3. The molecule has 0 radical (unpaired) electrons. The van der Waals surface area contributed by atoms with Crippen molar-refractivity contribution in [3.8, 4) is 5.75 Å². The van der Waals surface area contributed by atoms with Crippen molar-refractivity contribution < 1.29 is 4.74 Å². The van der Waals surface area contributed by atoms with Crippen LogP contribution in [0.5, 0.6) is 5.75 Å². The van der Waals surface area contributed by atoms with E-state index in [0.717, 1.165) is 5.75 Å². The SMILES string of the molecule is COc1ccc(C2=C(c3ccccc3)C3C=CC2C3)cc1. The second kappa shape index (κ2) is 4.92. The van der Waals surface area contributed by atoms with E-state index in [-0.39, 0.29) is 0 Å². The molecule has 0 N–H and O–H groups in total. The van der Waals surface area contributed by atoms with Gasteiger partial charge in [-0.2, -0.15) is 0 Å². The summed E-state index contributed by atoms with van der Waals surface area (Å²) < 4.78 is 5.28. The normalized spacial score (nSPS) is 22.9. The maximum absolute atomic E-state index is 5.28. The second-order valence-corrected chi connectivity index (χ2v) is 5.76. The number of fused-ring (bicyclic) bond motifs is 2. The van der Waals surface area contributed by atoms with Crippen LogP contribution < -0.4 is 4.74 Å². The molecule has 0 aromatic heterocycles. The maximum Gasteiger partial charge on any atom is 0.118 e. The molecule has 1 nitrogen and oxygen atoms in total. The zero-order valence-electron chi connectivity index (χ0n) is 12.1. The number of hydrogen-bond donors (Lipinski definition) is 0. The second-order valence-electron chi connectivity index (χ2n) is 5.76. The zero-order chi connectivity index (χ0) is 14.2. The van der Waals surface area contributed by atoms with Crippen LogP contribution in [0.25, 0.3) is 11.1 Å². The average Bonchev–Trinajstić information content (AvgIpc) is 3.17. The molecule has 4 rings (SSSR count). The van der Waals surface area contributed by atoms with Gasteiger partial charge in [-0.3, -0.25) is 0 Å². The van der Waals surface area contributed by atoms with E-state index < -0.39 is 0 Å². The Hall–Kier alpha value is -2.28. The highest BCUT2D eigenvalue weighted by molar-refractivity contribution is 5.97. The van der Waals surface area contributed by atoms with E-state index in [1.54, 1.807) is 7.11 Å². The number of benzene rings is 2. The van der Waals surface area contributed by atoms with Crippen molar-refractivity contribution in [2.75, 3.05) is 7.11 Å². The number of allylic oxidation sites excluding steroid dienone is 4. The summed E-state index contributed by atoms with van der Waals surface area (Å²) in [7, 11) is 1.71. The Labute approximate surface area is 125 Å². The molecule has 21 heavy (non-hydrogen) atoms. The van der Waals surface area contributed by atoms with Crippen LogP contribution in [0.3, 0.4) is 0 Å². The van der Waals surface area contributed by atoms with Crippen LogP contribution >= 0.6 is 0 Å². The predicted molar refractivity (Wildman–Crippen MR) is 87.0 cm³/mol. The Morgan fingerprint density at radius 2 is 1.33 bits per heavy atom.